The van der Waals surface area contributed by atoms with Crippen LogP contribution in [0.3, 0.4) is 0 Å². The molecule has 2 aromatic rings. The van der Waals surface area contributed by atoms with E-state index in [4.69, 9.17) is 9.94 Å². The van der Waals surface area contributed by atoms with Gasteiger partial charge in [0.1, 0.15) is 5.82 Å². The van der Waals surface area contributed by atoms with E-state index in [1.807, 2.05) is 6.92 Å². The number of hydrogen-bond donors (Lipinski definition) is 2. The standard InChI is InChI=1S/C20H25FN2O6S/c1-13(29-3)14-5-7-15(8-6-14)16-11-18(24)23(12-17(16)21)10-9-20(2,19(25)22-26)30(4,27)28/h5-8,11-13,26H,9-10H2,1-4H3,(H,22,25). The first-order chi connectivity index (χ1) is 13.9. The molecule has 2 atom stereocenters. The number of ether oxygens (including phenoxy) is 1. The Morgan fingerprint density at radius 3 is 2.43 bits per heavy atom. The van der Waals surface area contributed by atoms with Gasteiger partial charge in [0.05, 0.1) is 6.10 Å². The molecule has 1 amide bonds. The number of pyridine rings is 1. The summed E-state index contributed by atoms with van der Waals surface area (Å²) in [6, 6.07) is 8.03. The van der Waals surface area contributed by atoms with E-state index >= 15 is 0 Å². The van der Waals surface area contributed by atoms with Gasteiger partial charge in [-0.2, -0.15) is 0 Å². The number of sulfone groups is 1. The highest BCUT2D eigenvalue weighted by atomic mass is 32.2. The van der Waals surface area contributed by atoms with Gasteiger partial charge in [0.15, 0.2) is 14.6 Å². The first kappa shape index (κ1) is 23.7. The molecule has 2 N–H and O–H groups in total. The Kier molecular flexibility index (Phi) is 7.17. The lowest BCUT2D eigenvalue weighted by molar-refractivity contribution is -0.131. The van der Waals surface area contributed by atoms with Crippen molar-refractivity contribution < 1.29 is 27.5 Å². The van der Waals surface area contributed by atoms with E-state index in [1.54, 1.807) is 31.4 Å². The number of hydroxylamine groups is 1. The number of carbonyl (C=O) groups is 1. The number of hydrogen-bond acceptors (Lipinski definition) is 6. The van der Waals surface area contributed by atoms with Crippen molar-refractivity contribution in [3.63, 3.8) is 0 Å². The second-order valence-corrected chi connectivity index (χ2v) is 9.71. The normalized spacial score (nSPS) is 14.7. The molecule has 1 heterocycles. The summed E-state index contributed by atoms with van der Waals surface area (Å²) in [7, 11) is -2.34. The van der Waals surface area contributed by atoms with Crippen LogP contribution < -0.4 is 11.0 Å². The fourth-order valence-electron chi connectivity index (χ4n) is 2.93. The molecule has 0 bridgehead atoms. The molecule has 0 aliphatic rings. The number of nitrogens with zero attached hydrogens (tertiary/aromatic N) is 1. The second kappa shape index (κ2) is 9.07. The van der Waals surface area contributed by atoms with Crippen LogP contribution in [0.5, 0.6) is 0 Å². The number of methoxy groups -OCH3 is 1. The van der Waals surface area contributed by atoms with E-state index in [2.05, 4.69) is 0 Å². The Balaban J connectivity index is 2.33. The lowest BCUT2D eigenvalue weighted by atomic mass is 10.0. The van der Waals surface area contributed by atoms with Gasteiger partial charge >= 0.3 is 0 Å². The third kappa shape index (κ3) is 4.77. The molecular formula is C20H25FN2O6S. The lowest BCUT2D eigenvalue weighted by Crippen LogP contribution is -2.50. The molecule has 30 heavy (non-hydrogen) atoms. The van der Waals surface area contributed by atoms with Gasteiger partial charge in [-0.25, -0.2) is 18.3 Å². The molecule has 1 aromatic heterocycles. The minimum absolute atomic E-state index is 0.104. The fraction of sp³-hybridized carbons (Fsp3) is 0.400. The van der Waals surface area contributed by atoms with Crippen LogP contribution in [-0.4, -0.2) is 42.2 Å². The maximum atomic E-state index is 14.7. The van der Waals surface area contributed by atoms with Crippen molar-refractivity contribution >= 4 is 15.7 Å². The van der Waals surface area contributed by atoms with Crippen molar-refractivity contribution in [1.82, 2.24) is 10.0 Å². The maximum Gasteiger partial charge on any atom is 0.264 e. The second-order valence-electron chi connectivity index (χ2n) is 7.26. The molecule has 0 saturated heterocycles. The minimum atomic E-state index is -3.92. The summed E-state index contributed by atoms with van der Waals surface area (Å²) in [6.45, 7) is 2.77. The summed E-state index contributed by atoms with van der Waals surface area (Å²) in [5, 5.41) is 8.86. The summed E-state index contributed by atoms with van der Waals surface area (Å²) >= 11 is 0. The number of rotatable bonds is 8. The molecule has 2 unspecified atom stereocenters. The summed E-state index contributed by atoms with van der Waals surface area (Å²) in [6.07, 6.45) is 1.36. The monoisotopic (exact) mass is 440 g/mol. The number of aryl methyl sites for hydroxylation is 1. The van der Waals surface area contributed by atoms with Crippen LogP contribution in [0.15, 0.2) is 41.3 Å². The highest BCUT2D eigenvalue weighted by molar-refractivity contribution is 7.92. The Labute approximate surface area is 174 Å². The van der Waals surface area contributed by atoms with Crippen molar-refractivity contribution in [2.75, 3.05) is 13.4 Å². The van der Waals surface area contributed by atoms with Crippen LogP contribution in [0.25, 0.3) is 11.1 Å². The van der Waals surface area contributed by atoms with Gasteiger partial charge < -0.3 is 9.30 Å². The highest BCUT2D eigenvalue weighted by Gasteiger charge is 2.43. The molecule has 2 rings (SSSR count). The Morgan fingerprint density at radius 2 is 1.93 bits per heavy atom. The molecule has 0 aliphatic carbocycles. The zero-order valence-corrected chi connectivity index (χ0v) is 18.0. The van der Waals surface area contributed by atoms with E-state index in [0.29, 0.717) is 5.56 Å². The van der Waals surface area contributed by atoms with Crippen molar-refractivity contribution in [2.24, 2.45) is 0 Å². The Bertz CT molecular complexity index is 1080. The first-order valence-corrected chi connectivity index (χ1v) is 11.0. The predicted octanol–water partition coefficient (Wildman–Crippen LogP) is 2.06. The Hall–Kier alpha value is -2.56. The maximum absolute atomic E-state index is 14.7. The smallest absolute Gasteiger partial charge is 0.264 e. The quantitative estimate of drug-likeness (QED) is 0.480. The minimum Gasteiger partial charge on any atom is -0.377 e. The van der Waals surface area contributed by atoms with Gasteiger partial charge in [-0.05, 0) is 31.4 Å². The van der Waals surface area contributed by atoms with Crippen LogP contribution in [0.2, 0.25) is 0 Å². The molecule has 1 aromatic carbocycles. The van der Waals surface area contributed by atoms with Gasteiger partial charge in [0.25, 0.3) is 11.5 Å². The fourth-order valence-corrected chi connectivity index (χ4v) is 3.77. The van der Waals surface area contributed by atoms with Crippen molar-refractivity contribution in [3.05, 3.63) is 58.3 Å². The first-order valence-electron chi connectivity index (χ1n) is 9.12. The Morgan fingerprint density at radius 1 is 1.33 bits per heavy atom. The van der Waals surface area contributed by atoms with E-state index in [0.717, 1.165) is 35.6 Å². The topological polar surface area (TPSA) is 115 Å². The molecule has 164 valence electrons. The molecular weight excluding hydrogens is 415 g/mol. The van der Waals surface area contributed by atoms with E-state index in [1.165, 1.54) is 5.48 Å². The SMILES string of the molecule is COC(C)c1ccc(-c2cc(=O)n(CCC(C)(C(=O)NO)S(C)(=O)=O)cc2F)cc1. The number of nitrogens with one attached hydrogen (secondary N) is 1. The van der Waals surface area contributed by atoms with Crippen LogP contribution in [0.4, 0.5) is 4.39 Å². The third-order valence-corrected chi connectivity index (χ3v) is 7.38. The number of benzene rings is 1. The highest BCUT2D eigenvalue weighted by Crippen LogP contribution is 2.25. The average Bonchev–Trinajstić information content (AvgIpc) is 2.71. The van der Waals surface area contributed by atoms with E-state index in [-0.39, 0.29) is 24.6 Å². The molecule has 8 nitrogen and oxygen atoms in total. The number of carbonyl (C=O) groups excluding carboxylic acids is 1. The van der Waals surface area contributed by atoms with Gasteiger partial charge in [-0.15, -0.1) is 0 Å². The van der Waals surface area contributed by atoms with Gasteiger partial charge in [-0.3, -0.25) is 14.8 Å². The van der Waals surface area contributed by atoms with Gasteiger partial charge in [-0.1, -0.05) is 24.3 Å². The lowest BCUT2D eigenvalue weighted by Gasteiger charge is -2.25. The van der Waals surface area contributed by atoms with Gasteiger partial charge in [0, 0.05) is 37.7 Å². The number of aromatic nitrogens is 1. The molecule has 10 heteroatoms. The summed E-state index contributed by atoms with van der Waals surface area (Å²) in [5.74, 6) is -1.80. The summed E-state index contributed by atoms with van der Waals surface area (Å²) in [5.41, 5.74) is 2.29. The van der Waals surface area contributed by atoms with E-state index in [9.17, 15) is 22.4 Å². The van der Waals surface area contributed by atoms with Gasteiger partial charge in [0.2, 0.25) is 0 Å². The zero-order chi connectivity index (χ0) is 22.7. The predicted molar refractivity (Wildman–Crippen MR) is 109 cm³/mol. The van der Waals surface area contributed by atoms with Crippen molar-refractivity contribution in [2.45, 2.75) is 37.7 Å². The van der Waals surface area contributed by atoms with Crippen LogP contribution in [-0.2, 0) is 25.9 Å². The summed E-state index contributed by atoms with van der Waals surface area (Å²) < 4.78 is 43.0. The average molecular weight is 440 g/mol. The van der Waals surface area contributed by atoms with E-state index < -0.39 is 31.9 Å². The molecule has 0 radical (unpaired) electrons. The third-order valence-electron chi connectivity index (χ3n) is 5.35. The van der Waals surface area contributed by atoms with Crippen LogP contribution in [0, 0.1) is 5.82 Å². The molecule has 0 spiro atoms. The van der Waals surface area contributed by atoms with Crippen molar-refractivity contribution in [1.29, 1.82) is 0 Å². The summed E-state index contributed by atoms with van der Waals surface area (Å²) in [4.78, 5) is 24.3. The number of halogens is 1. The molecule has 0 fully saturated rings. The molecule has 0 aliphatic heterocycles. The zero-order valence-electron chi connectivity index (χ0n) is 17.2. The van der Waals surface area contributed by atoms with Crippen molar-refractivity contribution in [3.8, 4) is 11.1 Å². The molecule has 0 saturated carbocycles. The van der Waals surface area contributed by atoms with Crippen LogP contribution >= 0.6 is 0 Å². The van der Waals surface area contributed by atoms with Crippen LogP contribution in [0.1, 0.15) is 31.9 Å². The largest absolute Gasteiger partial charge is 0.377 e. The number of amides is 1.